The van der Waals surface area contributed by atoms with Crippen LogP contribution in [-0.2, 0) is 27.2 Å². The molecule has 0 aliphatic carbocycles. The van der Waals surface area contributed by atoms with E-state index >= 15 is 0 Å². The van der Waals surface area contributed by atoms with Crippen LogP contribution in [0.5, 0.6) is 11.5 Å². The topological polar surface area (TPSA) is 113 Å². The second kappa shape index (κ2) is 17.9. The lowest BCUT2D eigenvalue weighted by Gasteiger charge is -2.36. The number of piperidine rings is 1. The van der Waals surface area contributed by atoms with Gasteiger partial charge in [0, 0.05) is 25.1 Å². The summed E-state index contributed by atoms with van der Waals surface area (Å²) >= 11 is 12.8. The number of carbonyl (C=O) groups is 2. The fourth-order valence-electron chi connectivity index (χ4n) is 6.15. The first kappa shape index (κ1) is 38.8. The molecule has 2 unspecified atom stereocenters. The number of likely N-dealkylation sites (N-methyl/N-ethyl adjacent to an activating group) is 1. The average molecular weight is 755 g/mol. The number of aromatic nitrogens is 1. The van der Waals surface area contributed by atoms with Crippen molar-refractivity contribution in [1.82, 2.24) is 10.2 Å². The van der Waals surface area contributed by atoms with Crippen LogP contribution in [0.15, 0.2) is 79.1 Å². The Bertz CT molecular complexity index is 1840. The Hall–Kier alpha value is -4.42. The van der Waals surface area contributed by atoms with Crippen molar-refractivity contribution in [2.45, 2.75) is 51.5 Å². The maximum atomic E-state index is 14.3. The van der Waals surface area contributed by atoms with Gasteiger partial charge in [-0.2, -0.15) is 4.73 Å². The quantitative estimate of drug-likeness (QED) is 0.0824. The predicted molar refractivity (Wildman–Crippen MR) is 195 cm³/mol. The van der Waals surface area contributed by atoms with E-state index in [4.69, 9.17) is 42.1 Å². The van der Waals surface area contributed by atoms with Crippen molar-refractivity contribution >= 4 is 35.1 Å². The van der Waals surface area contributed by atoms with E-state index in [1.54, 1.807) is 54.6 Å². The third-order valence-electron chi connectivity index (χ3n) is 9.28. The monoisotopic (exact) mass is 753 g/mol. The van der Waals surface area contributed by atoms with Gasteiger partial charge in [-0.1, -0.05) is 67.4 Å². The number of esters is 2. The molecule has 1 fully saturated rings. The third kappa shape index (κ3) is 9.71. The van der Waals surface area contributed by atoms with E-state index in [1.807, 2.05) is 0 Å². The fourth-order valence-corrected chi connectivity index (χ4v) is 6.75. The second-order valence-corrected chi connectivity index (χ2v) is 13.5. The first-order chi connectivity index (χ1) is 25.0. The minimum atomic E-state index is -0.917. The minimum absolute atomic E-state index is 0.0649. The molecular weight excluding hydrogens is 712 g/mol. The molecule has 1 aliphatic rings. The van der Waals surface area contributed by atoms with E-state index in [2.05, 4.69) is 24.1 Å². The van der Waals surface area contributed by atoms with Crippen molar-refractivity contribution in [2.24, 2.45) is 5.92 Å². The number of nitrogens with zero attached hydrogens (tertiary/aromatic N) is 2. The van der Waals surface area contributed by atoms with Crippen LogP contribution in [0.1, 0.15) is 65.0 Å². The highest BCUT2D eigenvalue weighted by molar-refractivity contribution is 6.35. The van der Waals surface area contributed by atoms with Crippen LogP contribution < -0.4 is 19.5 Å². The van der Waals surface area contributed by atoms with Crippen molar-refractivity contribution in [3.8, 4) is 11.5 Å². The summed E-state index contributed by atoms with van der Waals surface area (Å²) in [4.78, 5) is 29.4. The molecule has 0 spiro atoms. The average Bonchev–Trinajstić information content (AvgIpc) is 3.13. The number of methoxy groups -OCH3 is 2. The van der Waals surface area contributed by atoms with Gasteiger partial charge in [0.05, 0.1) is 19.8 Å². The Labute approximate surface area is 312 Å². The Kier molecular flexibility index (Phi) is 13.3. The van der Waals surface area contributed by atoms with Gasteiger partial charge in [-0.15, -0.1) is 0 Å². The van der Waals surface area contributed by atoms with Gasteiger partial charge in [-0.25, -0.2) is 14.0 Å². The summed E-state index contributed by atoms with van der Waals surface area (Å²) in [6.07, 6.45) is 2.19. The zero-order chi connectivity index (χ0) is 37.4. The van der Waals surface area contributed by atoms with Crippen molar-refractivity contribution in [1.29, 1.82) is 0 Å². The molecule has 1 saturated heterocycles. The van der Waals surface area contributed by atoms with E-state index in [0.29, 0.717) is 39.5 Å². The lowest BCUT2D eigenvalue weighted by atomic mass is 9.95. The van der Waals surface area contributed by atoms with E-state index < -0.39 is 29.9 Å². The summed E-state index contributed by atoms with van der Waals surface area (Å²) in [6, 6.07) is 16.8. The molecule has 4 atom stereocenters. The van der Waals surface area contributed by atoms with E-state index in [0.717, 1.165) is 25.1 Å². The van der Waals surface area contributed by atoms with Gasteiger partial charge >= 0.3 is 11.9 Å². The normalized spacial score (nSPS) is 17.2. The molecule has 0 bridgehead atoms. The summed E-state index contributed by atoms with van der Waals surface area (Å²) < 4.78 is 37.6. The maximum Gasteiger partial charge on any atom is 0.338 e. The molecule has 0 radical (unpaired) electrons. The van der Waals surface area contributed by atoms with Crippen LogP contribution in [0.3, 0.4) is 0 Å². The maximum absolute atomic E-state index is 14.3. The van der Waals surface area contributed by atoms with E-state index in [9.17, 15) is 19.2 Å². The standard InChI is InChI=1S/C39H42Cl2FN3O7/c1-5-44-16-15-24(2)36(23-44)52-39(47)37(28-7-6-8-29(42)17-28)43-20-25-9-11-26(12-10-25)38(46)51-34(19-30-31(40)21-45(48)22-32(30)41)27-13-14-33(49-3)35(18-27)50-4/h6-14,17-18,21-22,24,34,36-37,43H,5,15-16,19-20,23H2,1-4H3/t24?,34-,36-,37?/m0/s1. The van der Waals surface area contributed by atoms with Crippen LogP contribution in [-0.4, -0.2) is 56.8 Å². The first-order valence-corrected chi connectivity index (χ1v) is 17.7. The molecule has 276 valence electrons. The number of rotatable bonds is 14. The molecule has 5 rings (SSSR count). The van der Waals surface area contributed by atoms with Gasteiger partial charge in [0.25, 0.3) is 0 Å². The van der Waals surface area contributed by atoms with Gasteiger partial charge in [0.15, 0.2) is 23.9 Å². The van der Waals surface area contributed by atoms with Crippen molar-refractivity contribution in [3.63, 3.8) is 0 Å². The van der Waals surface area contributed by atoms with Gasteiger partial charge in [-0.3, -0.25) is 10.2 Å². The fraction of sp³-hybridized carbons (Fsp3) is 0.359. The molecule has 1 N–H and O–H groups in total. The number of likely N-dealkylation sites (tertiary alicyclic amines) is 1. The number of nitrogens with one attached hydrogen (secondary N) is 1. The Morgan fingerprint density at radius 2 is 1.71 bits per heavy atom. The summed E-state index contributed by atoms with van der Waals surface area (Å²) in [5, 5.41) is 15.3. The highest BCUT2D eigenvalue weighted by Crippen LogP contribution is 2.35. The van der Waals surface area contributed by atoms with Crippen LogP contribution in [0, 0.1) is 16.9 Å². The smallest absolute Gasteiger partial charge is 0.338 e. The highest BCUT2D eigenvalue weighted by Gasteiger charge is 2.32. The predicted octanol–water partition coefficient (Wildman–Crippen LogP) is 7.03. The van der Waals surface area contributed by atoms with E-state index in [1.165, 1.54) is 38.7 Å². The third-order valence-corrected chi connectivity index (χ3v) is 9.93. The molecule has 0 saturated carbocycles. The van der Waals surface area contributed by atoms with Crippen LogP contribution in [0.25, 0.3) is 0 Å². The summed E-state index contributed by atoms with van der Waals surface area (Å²) in [6.45, 7) is 6.85. The first-order valence-electron chi connectivity index (χ1n) is 17.0. The Morgan fingerprint density at radius 1 is 1.00 bits per heavy atom. The zero-order valence-corrected chi connectivity index (χ0v) is 31.0. The molecule has 52 heavy (non-hydrogen) atoms. The summed E-state index contributed by atoms with van der Waals surface area (Å²) in [5.74, 6) is -0.443. The highest BCUT2D eigenvalue weighted by atomic mass is 35.5. The van der Waals surface area contributed by atoms with Crippen LogP contribution in [0.2, 0.25) is 10.0 Å². The number of carbonyl (C=O) groups excluding carboxylic acids is 2. The van der Waals surface area contributed by atoms with Gasteiger partial charge in [0.1, 0.15) is 34.1 Å². The molecule has 2 heterocycles. The molecule has 1 aliphatic heterocycles. The number of ether oxygens (including phenoxy) is 4. The number of benzene rings is 3. The Balaban J connectivity index is 1.32. The zero-order valence-electron chi connectivity index (χ0n) is 29.4. The van der Waals surface area contributed by atoms with Crippen LogP contribution >= 0.6 is 23.2 Å². The molecule has 3 aromatic carbocycles. The van der Waals surface area contributed by atoms with E-state index in [-0.39, 0.29) is 40.6 Å². The van der Waals surface area contributed by atoms with Crippen LogP contribution in [0.4, 0.5) is 4.39 Å². The molecule has 1 aromatic heterocycles. The van der Waals surface area contributed by atoms with Gasteiger partial charge < -0.3 is 24.2 Å². The molecule has 0 amide bonds. The summed E-state index contributed by atoms with van der Waals surface area (Å²) in [7, 11) is 3.01. The SMILES string of the molecule is CCN1CCC(C)[C@@H](OC(=O)C(NCc2ccc(C(=O)O[C@@H](Cc3c(Cl)c[n+]([O-])cc3Cl)c3ccc(OC)c(OC)c3)cc2)c2cccc(F)c2)C1. The van der Waals surface area contributed by atoms with Gasteiger partial charge in [-0.05, 0) is 78.5 Å². The molecule has 4 aromatic rings. The van der Waals surface area contributed by atoms with Gasteiger partial charge in [0.2, 0.25) is 0 Å². The lowest BCUT2D eigenvalue weighted by molar-refractivity contribution is -0.605. The van der Waals surface area contributed by atoms with Crippen molar-refractivity contribution in [3.05, 3.63) is 128 Å². The summed E-state index contributed by atoms with van der Waals surface area (Å²) in [5.41, 5.74) is 2.49. The van der Waals surface area contributed by atoms with Crippen molar-refractivity contribution < 1.29 is 37.7 Å². The number of pyridine rings is 1. The second-order valence-electron chi connectivity index (χ2n) is 12.7. The molecule has 13 heteroatoms. The Morgan fingerprint density at radius 3 is 2.37 bits per heavy atom. The lowest BCUT2D eigenvalue weighted by Crippen LogP contribution is -2.46. The molecular formula is C39H42Cl2FN3O7. The number of hydrogen-bond acceptors (Lipinski definition) is 9. The number of halogens is 3. The largest absolute Gasteiger partial charge is 0.619 e. The minimum Gasteiger partial charge on any atom is -0.619 e. The number of hydrogen-bond donors (Lipinski definition) is 1. The van der Waals surface area contributed by atoms with Crippen molar-refractivity contribution in [2.75, 3.05) is 33.9 Å². The molecule has 10 nitrogen and oxygen atoms in total.